The Labute approximate surface area is 110 Å². The molecule has 0 aliphatic rings. The molecule has 0 atom stereocenters. The SMILES string of the molecule is Nc1cncc(NCc2ccc(S(N)(=O)=O)cc2)n1. The number of rotatable bonds is 4. The van der Waals surface area contributed by atoms with Gasteiger partial charge in [0.1, 0.15) is 11.6 Å². The summed E-state index contributed by atoms with van der Waals surface area (Å²) in [4.78, 5) is 8.01. The van der Waals surface area contributed by atoms with Gasteiger partial charge in [-0.05, 0) is 17.7 Å². The second-order valence-electron chi connectivity index (χ2n) is 3.87. The number of sulfonamides is 1. The summed E-state index contributed by atoms with van der Waals surface area (Å²) >= 11 is 0. The average molecular weight is 279 g/mol. The Morgan fingerprint density at radius 3 is 2.42 bits per heavy atom. The highest BCUT2D eigenvalue weighted by Gasteiger charge is 2.06. The lowest BCUT2D eigenvalue weighted by Gasteiger charge is -2.06. The van der Waals surface area contributed by atoms with Gasteiger partial charge in [-0.15, -0.1) is 0 Å². The predicted molar refractivity (Wildman–Crippen MR) is 71.6 cm³/mol. The van der Waals surface area contributed by atoms with Crippen molar-refractivity contribution >= 4 is 21.7 Å². The van der Waals surface area contributed by atoms with E-state index < -0.39 is 10.0 Å². The molecule has 0 aliphatic carbocycles. The molecule has 0 fully saturated rings. The van der Waals surface area contributed by atoms with Gasteiger partial charge in [0, 0.05) is 6.54 Å². The summed E-state index contributed by atoms with van der Waals surface area (Å²) in [5.41, 5.74) is 6.39. The summed E-state index contributed by atoms with van der Waals surface area (Å²) in [5, 5.41) is 8.04. The van der Waals surface area contributed by atoms with Crippen molar-refractivity contribution < 1.29 is 8.42 Å². The van der Waals surface area contributed by atoms with Gasteiger partial charge in [0.25, 0.3) is 0 Å². The van der Waals surface area contributed by atoms with E-state index in [9.17, 15) is 8.42 Å². The second-order valence-corrected chi connectivity index (χ2v) is 5.43. The number of nitrogen functional groups attached to an aromatic ring is 1. The molecule has 2 aromatic rings. The van der Waals surface area contributed by atoms with Crippen molar-refractivity contribution in [2.24, 2.45) is 5.14 Å². The van der Waals surface area contributed by atoms with Gasteiger partial charge in [-0.1, -0.05) is 12.1 Å². The average Bonchev–Trinajstić information content (AvgIpc) is 2.36. The number of hydrogen-bond donors (Lipinski definition) is 3. The molecule has 5 N–H and O–H groups in total. The lowest BCUT2D eigenvalue weighted by atomic mass is 10.2. The largest absolute Gasteiger partial charge is 0.382 e. The fourth-order valence-electron chi connectivity index (χ4n) is 1.46. The van der Waals surface area contributed by atoms with Gasteiger partial charge in [0.2, 0.25) is 10.0 Å². The molecule has 0 aliphatic heterocycles. The molecule has 0 bridgehead atoms. The summed E-state index contributed by atoms with van der Waals surface area (Å²) in [5.74, 6) is 0.880. The van der Waals surface area contributed by atoms with Crippen LogP contribution in [0.5, 0.6) is 0 Å². The number of benzene rings is 1. The Kier molecular flexibility index (Phi) is 3.63. The van der Waals surface area contributed by atoms with Crippen LogP contribution in [0.4, 0.5) is 11.6 Å². The maximum Gasteiger partial charge on any atom is 0.238 e. The van der Waals surface area contributed by atoms with Crippen molar-refractivity contribution in [3.8, 4) is 0 Å². The van der Waals surface area contributed by atoms with E-state index in [0.29, 0.717) is 18.2 Å². The third-order valence-electron chi connectivity index (χ3n) is 2.38. The zero-order valence-electron chi connectivity index (χ0n) is 9.95. The van der Waals surface area contributed by atoms with Crippen LogP contribution in [0, 0.1) is 0 Å². The molecule has 8 heteroatoms. The molecule has 0 spiro atoms. The molecular formula is C11H13N5O2S. The first-order chi connectivity index (χ1) is 8.95. The maximum absolute atomic E-state index is 11.1. The smallest absolute Gasteiger partial charge is 0.238 e. The number of nitrogens with two attached hydrogens (primary N) is 2. The number of aromatic nitrogens is 2. The Morgan fingerprint density at radius 1 is 1.16 bits per heavy atom. The van der Waals surface area contributed by atoms with Gasteiger partial charge >= 0.3 is 0 Å². The molecule has 19 heavy (non-hydrogen) atoms. The molecule has 1 heterocycles. The number of nitrogens with one attached hydrogen (secondary N) is 1. The standard InChI is InChI=1S/C11H13N5O2S/c12-10-6-14-7-11(16-10)15-5-8-1-3-9(4-2-8)19(13,17)18/h1-4,6-7H,5H2,(H3,12,15,16)(H2,13,17,18). The predicted octanol–water partition coefficient (Wildman–Crippen LogP) is 0.318. The summed E-state index contributed by atoms with van der Waals surface area (Å²) < 4.78 is 22.2. The topological polar surface area (TPSA) is 124 Å². The first kappa shape index (κ1) is 13.2. The first-order valence-corrected chi connectivity index (χ1v) is 6.93. The Bertz CT molecular complexity index is 670. The fourth-order valence-corrected chi connectivity index (χ4v) is 1.97. The molecule has 0 radical (unpaired) electrons. The van der Waals surface area contributed by atoms with Gasteiger partial charge in [-0.25, -0.2) is 18.5 Å². The zero-order valence-corrected chi connectivity index (χ0v) is 10.8. The number of primary sulfonamides is 1. The van der Waals surface area contributed by atoms with Crippen molar-refractivity contribution in [1.29, 1.82) is 0 Å². The lowest BCUT2D eigenvalue weighted by molar-refractivity contribution is 0.598. The highest BCUT2D eigenvalue weighted by Crippen LogP contribution is 2.10. The van der Waals surface area contributed by atoms with Gasteiger partial charge < -0.3 is 11.1 Å². The summed E-state index contributed by atoms with van der Waals surface area (Å²) in [7, 11) is -3.65. The van der Waals surface area contributed by atoms with Gasteiger partial charge in [-0.3, -0.25) is 4.98 Å². The number of anilines is 2. The monoisotopic (exact) mass is 279 g/mol. The highest BCUT2D eigenvalue weighted by molar-refractivity contribution is 7.89. The van der Waals surface area contributed by atoms with Crippen LogP contribution in [0.25, 0.3) is 0 Å². The molecule has 2 rings (SSSR count). The minimum atomic E-state index is -3.65. The molecule has 7 nitrogen and oxygen atoms in total. The van der Waals surface area contributed by atoms with E-state index in [0.717, 1.165) is 5.56 Å². The van der Waals surface area contributed by atoms with E-state index in [4.69, 9.17) is 10.9 Å². The van der Waals surface area contributed by atoms with Crippen LogP contribution < -0.4 is 16.2 Å². The summed E-state index contributed by atoms with van der Waals surface area (Å²) in [6.45, 7) is 0.475. The molecular weight excluding hydrogens is 266 g/mol. The van der Waals surface area contributed by atoms with Crippen molar-refractivity contribution in [3.05, 3.63) is 42.2 Å². The minimum absolute atomic E-state index is 0.0833. The number of hydrogen-bond acceptors (Lipinski definition) is 6. The Morgan fingerprint density at radius 2 is 1.84 bits per heavy atom. The number of nitrogens with zero attached hydrogens (tertiary/aromatic N) is 2. The molecule has 0 amide bonds. The zero-order chi connectivity index (χ0) is 13.9. The molecule has 1 aromatic heterocycles. The van der Waals surface area contributed by atoms with Gasteiger partial charge in [0.05, 0.1) is 17.3 Å². The minimum Gasteiger partial charge on any atom is -0.382 e. The Hall–Kier alpha value is -2.19. The van der Waals surface area contributed by atoms with Crippen molar-refractivity contribution in [2.75, 3.05) is 11.1 Å². The van der Waals surface area contributed by atoms with E-state index in [1.165, 1.54) is 18.3 Å². The van der Waals surface area contributed by atoms with Crippen molar-refractivity contribution in [2.45, 2.75) is 11.4 Å². The summed E-state index contributed by atoms with van der Waals surface area (Å²) in [6.07, 6.45) is 3.00. The third-order valence-corrected chi connectivity index (χ3v) is 3.31. The van der Waals surface area contributed by atoms with Crippen LogP contribution in [0.15, 0.2) is 41.6 Å². The molecule has 1 aromatic carbocycles. The second kappa shape index (κ2) is 5.21. The van der Waals surface area contributed by atoms with Crippen molar-refractivity contribution in [1.82, 2.24) is 9.97 Å². The van der Waals surface area contributed by atoms with Gasteiger partial charge in [0.15, 0.2) is 0 Å². The molecule has 100 valence electrons. The van der Waals surface area contributed by atoms with Gasteiger partial charge in [-0.2, -0.15) is 0 Å². The lowest BCUT2D eigenvalue weighted by Crippen LogP contribution is -2.12. The quantitative estimate of drug-likeness (QED) is 0.740. The van der Waals surface area contributed by atoms with E-state index >= 15 is 0 Å². The van der Waals surface area contributed by atoms with E-state index in [-0.39, 0.29) is 4.90 Å². The molecule has 0 unspecified atom stereocenters. The normalized spacial score (nSPS) is 11.2. The highest BCUT2D eigenvalue weighted by atomic mass is 32.2. The van der Waals surface area contributed by atoms with E-state index in [2.05, 4.69) is 15.3 Å². The maximum atomic E-state index is 11.1. The van der Waals surface area contributed by atoms with Crippen LogP contribution in [0.2, 0.25) is 0 Å². The van der Waals surface area contributed by atoms with Crippen molar-refractivity contribution in [3.63, 3.8) is 0 Å². The van der Waals surface area contributed by atoms with E-state index in [1.807, 2.05) is 0 Å². The van der Waals surface area contributed by atoms with E-state index in [1.54, 1.807) is 18.3 Å². The first-order valence-electron chi connectivity index (χ1n) is 5.38. The Balaban J connectivity index is 2.05. The van der Waals surface area contributed by atoms with Crippen LogP contribution in [0.1, 0.15) is 5.56 Å². The van der Waals surface area contributed by atoms with Crippen LogP contribution in [-0.4, -0.2) is 18.4 Å². The van der Waals surface area contributed by atoms with Crippen LogP contribution in [-0.2, 0) is 16.6 Å². The fraction of sp³-hybridized carbons (Fsp3) is 0.0909. The molecule has 0 saturated heterocycles. The molecule has 0 saturated carbocycles. The van der Waals surface area contributed by atoms with Crippen LogP contribution >= 0.6 is 0 Å². The third kappa shape index (κ3) is 3.63. The summed E-state index contributed by atoms with van der Waals surface area (Å²) in [6, 6.07) is 6.26. The van der Waals surface area contributed by atoms with Crippen LogP contribution in [0.3, 0.4) is 0 Å².